The van der Waals surface area contributed by atoms with Crippen LogP contribution < -0.4 is 9.64 Å². The highest BCUT2D eigenvalue weighted by Gasteiger charge is 2.29. The molecule has 0 atom stereocenters. The fraction of sp³-hybridized carbons (Fsp3) is 0.294. The number of benzene rings is 2. The molecule has 0 N–H and O–H groups in total. The van der Waals surface area contributed by atoms with E-state index in [0.29, 0.717) is 31.2 Å². The molecular weight excluding hydrogens is 383 g/mol. The van der Waals surface area contributed by atoms with Crippen molar-refractivity contribution in [2.24, 2.45) is 0 Å². The number of ether oxygens (including phenoxy) is 1. The van der Waals surface area contributed by atoms with Crippen molar-refractivity contribution < 1.29 is 13.2 Å². The summed E-state index contributed by atoms with van der Waals surface area (Å²) in [5.74, 6) is 0.796. The molecule has 25 heavy (non-hydrogen) atoms. The second-order valence-corrected chi connectivity index (χ2v) is 8.42. The normalized spacial score (nSPS) is 16.0. The second kappa shape index (κ2) is 7.41. The number of methoxy groups -OCH3 is 1. The Balaban J connectivity index is 1.71. The number of hydrogen-bond acceptors (Lipinski definition) is 4. The molecule has 2 aromatic rings. The molecule has 5 nitrogen and oxygen atoms in total. The number of piperazine rings is 1. The van der Waals surface area contributed by atoms with Gasteiger partial charge in [-0.25, -0.2) is 8.42 Å². The topological polar surface area (TPSA) is 49.9 Å². The average Bonchev–Trinajstić information content (AvgIpc) is 2.64. The fourth-order valence-corrected chi connectivity index (χ4v) is 4.58. The Kier molecular flexibility index (Phi) is 5.43. The number of nitrogens with zero attached hydrogens (tertiary/aromatic N) is 2. The molecule has 0 amide bonds. The van der Waals surface area contributed by atoms with Gasteiger partial charge < -0.3 is 9.64 Å². The van der Waals surface area contributed by atoms with Crippen LogP contribution in [0.4, 0.5) is 5.69 Å². The van der Waals surface area contributed by atoms with E-state index in [1.807, 2.05) is 24.3 Å². The van der Waals surface area contributed by atoms with E-state index >= 15 is 0 Å². The zero-order valence-corrected chi connectivity index (χ0v) is 16.0. The van der Waals surface area contributed by atoms with E-state index < -0.39 is 10.0 Å². The lowest BCUT2D eigenvalue weighted by Crippen LogP contribution is -2.48. The molecule has 1 aliphatic heterocycles. The summed E-state index contributed by atoms with van der Waals surface area (Å²) in [5.41, 5.74) is 1.05. The lowest BCUT2D eigenvalue weighted by atomic mass is 10.2. The average molecular weight is 401 g/mol. The molecule has 1 heterocycles. The Morgan fingerprint density at radius 3 is 2.12 bits per heavy atom. The predicted octanol–water partition coefficient (Wildman–Crippen LogP) is 3.51. The van der Waals surface area contributed by atoms with Crippen LogP contribution in [0.3, 0.4) is 0 Å². The summed E-state index contributed by atoms with van der Waals surface area (Å²) >= 11 is 11.8. The van der Waals surface area contributed by atoms with E-state index in [1.165, 1.54) is 22.5 Å². The van der Waals surface area contributed by atoms with Gasteiger partial charge in [-0.15, -0.1) is 0 Å². The van der Waals surface area contributed by atoms with E-state index in [0.717, 1.165) is 11.4 Å². The van der Waals surface area contributed by atoms with Crippen LogP contribution in [0.1, 0.15) is 0 Å². The molecule has 0 saturated carbocycles. The monoisotopic (exact) mass is 400 g/mol. The number of rotatable bonds is 4. The fourth-order valence-electron chi connectivity index (χ4n) is 2.77. The first kappa shape index (κ1) is 18.3. The zero-order chi connectivity index (χ0) is 18.0. The van der Waals surface area contributed by atoms with Gasteiger partial charge in [0, 0.05) is 31.9 Å². The minimum Gasteiger partial charge on any atom is -0.497 e. The van der Waals surface area contributed by atoms with Crippen LogP contribution in [0.25, 0.3) is 0 Å². The molecule has 0 unspecified atom stereocenters. The van der Waals surface area contributed by atoms with E-state index in [-0.39, 0.29) is 9.92 Å². The first-order valence-electron chi connectivity index (χ1n) is 7.76. The lowest BCUT2D eigenvalue weighted by Gasteiger charge is -2.35. The summed E-state index contributed by atoms with van der Waals surface area (Å²) in [6.45, 7) is 2.06. The van der Waals surface area contributed by atoms with Gasteiger partial charge in [-0.2, -0.15) is 4.31 Å². The summed E-state index contributed by atoms with van der Waals surface area (Å²) in [5, 5.41) is 0.574. The molecule has 8 heteroatoms. The highest BCUT2D eigenvalue weighted by atomic mass is 35.5. The molecule has 0 spiro atoms. The van der Waals surface area contributed by atoms with Crippen molar-refractivity contribution in [2.45, 2.75) is 4.90 Å². The molecule has 1 aliphatic rings. The number of anilines is 1. The van der Waals surface area contributed by atoms with Crippen molar-refractivity contribution >= 4 is 38.9 Å². The van der Waals surface area contributed by atoms with Crippen molar-refractivity contribution in [2.75, 3.05) is 38.2 Å². The van der Waals surface area contributed by atoms with E-state index in [4.69, 9.17) is 27.9 Å². The summed E-state index contributed by atoms with van der Waals surface area (Å²) < 4.78 is 32.2. The van der Waals surface area contributed by atoms with Crippen LogP contribution in [0, 0.1) is 0 Å². The maximum Gasteiger partial charge on any atom is 0.243 e. The predicted molar refractivity (Wildman–Crippen MR) is 100 cm³/mol. The van der Waals surface area contributed by atoms with Gasteiger partial charge in [0.2, 0.25) is 10.0 Å². The van der Waals surface area contributed by atoms with Gasteiger partial charge in [0.25, 0.3) is 0 Å². The van der Waals surface area contributed by atoms with Crippen LogP contribution >= 0.6 is 23.2 Å². The van der Waals surface area contributed by atoms with Gasteiger partial charge in [-0.1, -0.05) is 23.2 Å². The minimum atomic E-state index is -3.57. The summed E-state index contributed by atoms with van der Waals surface area (Å²) in [6, 6.07) is 12.1. The molecule has 3 rings (SSSR count). The molecule has 0 aromatic heterocycles. The van der Waals surface area contributed by atoms with Crippen molar-refractivity contribution in [1.29, 1.82) is 0 Å². The number of halogens is 2. The zero-order valence-electron chi connectivity index (χ0n) is 13.7. The molecule has 2 aromatic carbocycles. The highest BCUT2D eigenvalue weighted by molar-refractivity contribution is 7.89. The second-order valence-electron chi connectivity index (χ2n) is 5.67. The molecule has 134 valence electrons. The molecular formula is C17H18Cl2N2O3S. The lowest BCUT2D eigenvalue weighted by molar-refractivity contribution is 0.384. The van der Waals surface area contributed by atoms with Gasteiger partial charge in [-0.05, 0) is 42.5 Å². The highest BCUT2D eigenvalue weighted by Crippen LogP contribution is 2.28. The SMILES string of the molecule is COc1ccc(N2CCN(S(=O)(=O)c3ccc(Cl)c(Cl)c3)CC2)cc1. The smallest absolute Gasteiger partial charge is 0.243 e. The molecule has 0 radical (unpaired) electrons. The number of sulfonamides is 1. The van der Waals surface area contributed by atoms with Crippen molar-refractivity contribution in [3.8, 4) is 5.75 Å². The Bertz CT molecular complexity index is 849. The van der Waals surface area contributed by atoms with E-state index in [9.17, 15) is 8.42 Å². The van der Waals surface area contributed by atoms with Gasteiger partial charge in [0.15, 0.2) is 0 Å². The Labute approximate surface area is 157 Å². The van der Waals surface area contributed by atoms with Crippen LogP contribution in [-0.2, 0) is 10.0 Å². The maximum atomic E-state index is 12.8. The Hall–Kier alpha value is -1.47. The third kappa shape index (κ3) is 3.87. The summed E-state index contributed by atoms with van der Waals surface area (Å²) in [6.07, 6.45) is 0. The number of hydrogen-bond donors (Lipinski definition) is 0. The third-order valence-corrected chi connectivity index (χ3v) is 6.84. The minimum absolute atomic E-state index is 0.166. The molecule has 0 aliphatic carbocycles. The van der Waals surface area contributed by atoms with Crippen molar-refractivity contribution in [1.82, 2.24) is 4.31 Å². The first-order chi connectivity index (χ1) is 11.9. The van der Waals surface area contributed by atoms with Gasteiger partial charge in [0.05, 0.1) is 22.1 Å². The van der Waals surface area contributed by atoms with Crippen LogP contribution in [-0.4, -0.2) is 46.0 Å². The quantitative estimate of drug-likeness (QED) is 0.787. The summed E-state index contributed by atoms with van der Waals surface area (Å²) in [4.78, 5) is 2.32. The van der Waals surface area contributed by atoms with Gasteiger partial charge in [-0.3, -0.25) is 0 Å². The molecule has 1 fully saturated rings. The van der Waals surface area contributed by atoms with Crippen LogP contribution in [0.15, 0.2) is 47.4 Å². The standard InChI is InChI=1S/C17H18Cl2N2O3S/c1-24-14-4-2-13(3-5-14)20-8-10-21(11-9-20)25(22,23)15-6-7-16(18)17(19)12-15/h2-7,12H,8-11H2,1H3. The first-order valence-corrected chi connectivity index (χ1v) is 9.95. The Morgan fingerprint density at radius 1 is 0.920 bits per heavy atom. The van der Waals surface area contributed by atoms with Crippen molar-refractivity contribution in [3.05, 3.63) is 52.5 Å². The molecule has 0 bridgehead atoms. The maximum absolute atomic E-state index is 12.8. The van der Waals surface area contributed by atoms with Crippen molar-refractivity contribution in [3.63, 3.8) is 0 Å². The third-order valence-electron chi connectivity index (χ3n) is 4.21. The van der Waals surface area contributed by atoms with Crippen LogP contribution in [0.5, 0.6) is 5.75 Å². The summed E-state index contributed by atoms with van der Waals surface area (Å²) in [7, 11) is -1.95. The Morgan fingerprint density at radius 2 is 1.56 bits per heavy atom. The van der Waals surface area contributed by atoms with Gasteiger partial charge >= 0.3 is 0 Å². The van der Waals surface area contributed by atoms with Gasteiger partial charge in [0.1, 0.15) is 5.75 Å². The van der Waals surface area contributed by atoms with E-state index in [2.05, 4.69) is 4.90 Å². The molecule has 1 saturated heterocycles. The van der Waals surface area contributed by atoms with E-state index in [1.54, 1.807) is 7.11 Å². The van der Waals surface area contributed by atoms with Crippen LogP contribution in [0.2, 0.25) is 10.0 Å². The largest absolute Gasteiger partial charge is 0.497 e.